The third kappa shape index (κ3) is 4.95. The molecule has 1 atom stereocenters. The van der Waals surface area contributed by atoms with E-state index in [1.165, 1.54) is 12.1 Å². The zero-order valence-corrected chi connectivity index (χ0v) is 13.9. The molecule has 110 valence electrons. The van der Waals surface area contributed by atoms with Gasteiger partial charge in [-0.1, -0.05) is 0 Å². The fourth-order valence-corrected chi connectivity index (χ4v) is 2.04. The number of nitro benzene ring substituents is 1. The summed E-state index contributed by atoms with van der Waals surface area (Å²) in [4.78, 5) is 21.9. The lowest BCUT2D eigenvalue weighted by Crippen LogP contribution is -2.41. The lowest BCUT2D eigenvalue weighted by molar-refractivity contribution is -0.384. The number of halogens is 1. The molecule has 0 aliphatic heterocycles. The average molecular weight is 392 g/mol. The van der Waals surface area contributed by atoms with E-state index in [0.29, 0.717) is 0 Å². The summed E-state index contributed by atoms with van der Waals surface area (Å²) in [5, 5.41) is 13.3. The summed E-state index contributed by atoms with van der Waals surface area (Å²) in [5.74, 6) is 0. The van der Waals surface area contributed by atoms with Gasteiger partial charge in [0.1, 0.15) is 9.15 Å². The van der Waals surface area contributed by atoms with Gasteiger partial charge in [-0.3, -0.25) is 10.1 Å². The number of alkyl carbamates (subject to hydrolysis) is 1. The van der Waals surface area contributed by atoms with Crippen LogP contribution in [0.4, 0.5) is 10.5 Å². The Balaban J connectivity index is 2.82. The van der Waals surface area contributed by atoms with Crippen LogP contribution in [0.5, 0.6) is 0 Å². The van der Waals surface area contributed by atoms with Gasteiger partial charge in [0.05, 0.1) is 4.92 Å². The lowest BCUT2D eigenvalue weighted by atomic mass is 10.1. The molecule has 0 radical (unpaired) electrons. The smallest absolute Gasteiger partial charge is 0.408 e. The van der Waals surface area contributed by atoms with Crippen LogP contribution in [-0.4, -0.2) is 16.6 Å². The molecule has 0 aliphatic rings. The highest BCUT2D eigenvalue weighted by molar-refractivity contribution is 14.1. The van der Waals surface area contributed by atoms with Gasteiger partial charge in [0.2, 0.25) is 0 Å². The number of benzene rings is 1. The summed E-state index contributed by atoms with van der Waals surface area (Å²) in [6.45, 7) is 7.13. The molecule has 1 rings (SSSR count). The Hall–Kier alpha value is -1.38. The van der Waals surface area contributed by atoms with E-state index < -0.39 is 20.2 Å². The Morgan fingerprint density at radius 2 is 1.75 bits per heavy atom. The van der Waals surface area contributed by atoms with Gasteiger partial charge in [-0.25, -0.2) is 4.79 Å². The fourth-order valence-electron chi connectivity index (χ4n) is 1.46. The van der Waals surface area contributed by atoms with Crippen molar-refractivity contribution >= 4 is 34.4 Å². The van der Waals surface area contributed by atoms with Gasteiger partial charge in [0.15, 0.2) is 0 Å². The van der Waals surface area contributed by atoms with Crippen LogP contribution >= 0.6 is 22.6 Å². The van der Waals surface area contributed by atoms with Crippen LogP contribution in [0.2, 0.25) is 0 Å². The number of nitro groups is 1. The zero-order valence-electron chi connectivity index (χ0n) is 11.8. The molecule has 1 aromatic rings. The molecule has 1 aromatic carbocycles. The lowest BCUT2D eigenvalue weighted by Gasteiger charge is -2.27. The molecule has 0 saturated heterocycles. The fraction of sp³-hybridized carbons (Fsp3) is 0.462. The van der Waals surface area contributed by atoms with E-state index >= 15 is 0 Å². The summed E-state index contributed by atoms with van der Waals surface area (Å²) in [5.41, 5.74) is 0.180. The van der Waals surface area contributed by atoms with Gasteiger partial charge in [-0.15, -0.1) is 0 Å². The molecule has 1 N–H and O–H groups in total. The number of amides is 1. The second-order valence-corrected chi connectivity index (χ2v) is 7.59. The van der Waals surface area contributed by atoms with E-state index in [1.54, 1.807) is 39.8 Å². The second kappa shape index (κ2) is 5.94. The van der Waals surface area contributed by atoms with Crippen LogP contribution in [0.15, 0.2) is 24.3 Å². The van der Waals surface area contributed by atoms with Gasteiger partial charge in [-0.2, -0.15) is 0 Å². The number of hydrogen-bond acceptors (Lipinski definition) is 4. The van der Waals surface area contributed by atoms with E-state index in [4.69, 9.17) is 4.74 Å². The number of alkyl halides is 1. The van der Waals surface area contributed by atoms with E-state index in [0.717, 1.165) is 5.56 Å². The molecule has 0 fully saturated rings. The first-order valence-corrected chi connectivity index (χ1v) is 7.04. The molecular weight excluding hydrogens is 375 g/mol. The molecule has 1 unspecified atom stereocenters. The van der Waals surface area contributed by atoms with Crippen molar-refractivity contribution in [2.75, 3.05) is 0 Å². The minimum absolute atomic E-state index is 0.0122. The van der Waals surface area contributed by atoms with Gasteiger partial charge in [-0.05, 0) is 68.0 Å². The van der Waals surface area contributed by atoms with Crippen molar-refractivity contribution in [3.63, 3.8) is 0 Å². The van der Waals surface area contributed by atoms with Gasteiger partial charge in [0, 0.05) is 12.1 Å². The number of hydrogen-bond donors (Lipinski definition) is 1. The molecule has 1 amide bonds. The second-order valence-electron chi connectivity index (χ2n) is 5.43. The third-order valence-electron chi connectivity index (χ3n) is 2.36. The van der Waals surface area contributed by atoms with E-state index in [1.807, 2.05) is 0 Å². The van der Waals surface area contributed by atoms with Gasteiger partial charge < -0.3 is 10.1 Å². The number of nitrogens with one attached hydrogen (secondary N) is 1. The van der Waals surface area contributed by atoms with Crippen molar-refractivity contribution in [1.82, 2.24) is 5.32 Å². The maximum atomic E-state index is 11.8. The minimum Gasteiger partial charge on any atom is -0.444 e. The van der Waals surface area contributed by atoms with Crippen LogP contribution in [-0.2, 0) is 8.28 Å². The highest BCUT2D eigenvalue weighted by Crippen LogP contribution is 2.30. The maximum Gasteiger partial charge on any atom is 0.408 e. The largest absolute Gasteiger partial charge is 0.444 e. The SMILES string of the molecule is CC(C)(C)OC(=O)NC(C)(I)c1ccc([N+](=O)[O-])cc1. The normalized spacial score (nSPS) is 14.2. The first-order chi connectivity index (χ1) is 9.01. The Morgan fingerprint density at radius 3 is 2.15 bits per heavy atom. The standard InChI is InChI=1S/C13H17IN2O4/c1-12(2,3)20-11(17)15-13(4,14)9-5-7-10(8-6-9)16(18)19/h5-8H,1-4H3,(H,15,17). The van der Waals surface area contributed by atoms with E-state index in [9.17, 15) is 14.9 Å². The predicted octanol–water partition coefficient (Wildman–Crippen LogP) is 3.73. The van der Waals surface area contributed by atoms with Gasteiger partial charge in [0.25, 0.3) is 5.69 Å². The Kier molecular flexibility index (Phi) is 4.95. The van der Waals surface area contributed by atoms with Crippen molar-refractivity contribution in [3.05, 3.63) is 39.9 Å². The van der Waals surface area contributed by atoms with Crippen molar-refractivity contribution in [1.29, 1.82) is 0 Å². The molecule has 20 heavy (non-hydrogen) atoms. The Morgan fingerprint density at radius 1 is 1.25 bits per heavy atom. The van der Waals surface area contributed by atoms with Crippen LogP contribution in [0.1, 0.15) is 33.3 Å². The maximum absolute atomic E-state index is 11.8. The van der Waals surface area contributed by atoms with Crippen molar-refractivity contribution in [3.8, 4) is 0 Å². The number of non-ortho nitro benzene ring substituents is 1. The summed E-state index contributed by atoms with van der Waals surface area (Å²) in [7, 11) is 0. The highest BCUT2D eigenvalue weighted by atomic mass is 127. The first-order valence-electron chi connectivity index (χ1n) is 5.96. The zero-order chi connectivity index (χ0) is 15.6. The predicted molar refractivity (Wildman–Crippen MR) is 83.8 cm³/mol. The molecule has 0 aromatic heterocycles. The number of ether oxygens (including phenoxy) is 1. The van der Waals surface area contributed by atoms with E-state index in [2.05, 4.69) is 27.9 Å². The van der Waals surface area contributed by atoms with Crippen LogP contribution in [0.25, 0.3) is 0 Å². The molecular formula is C13H17IN2O4. The summed E-state index contributed by atoms with van der Waals surface area (Å²) >= 11 is 2.06. The molecule has 0 aliphatic carbocycles. The third-order valence-corrected chi connectivity index (χ3v) is 3.25. The van der Waals surface area contributed by atoms with Crippen molar-refractivity contribution < 1.29 is 14.5 Å². The van der Waals surface area contributed by atoms with Crippen molar-refractivity contribution in [2.24, 2.45) is 0 Å². The number of nitrogens with zero attached hydrogens (tertiary/aromatic N) is 1. The quantitative estimate of drug-likeness (QED) is 0.280. The minimum atomic E-state index is -0.713. The molecule has 0 saturated carbocycles. The van der Waals surface area contributed by atoms with Crippen LogP contribution < -0.4 is 5.32 Å². The number of carbonyl (C=O) groups is 1. The number of rotatable bonds is 3. The monoisotopic (exact) mass is 392 g/mol. The topological polar surface area (TPSA) is 81.5 Å². The molecule has 7 heteroatoms. The molecule has 0 heterocycles. The van der Waals surface area contributed by atoms with Crippen LogP contribution in [0.3, 0.4) is 0 Å². The van der Waals surface area contributed by atoms with Crippen molar-refractivity contribution in [2.45, 2.75) is 36.8 Å². The average Bonchev–Trinajstić information content (AvgIpc) is 2.25. The van der Waals surface area contributed by atoms with E-state index in [-0.39, 0.29) is 5.69 Å². The molecule has 6 nitrogen and oxygen atoms in total. The summed E-state index contributed by atoms with van der Waals surface area (Å²) in [6, 6.07) is 6.04. The highest BCUT2D eigenvalue weighted by Gasteiger charge is 2.28. The Bertz CT molecular complexity index is 506. The summed E-state index contributed by atoms with van der Waals surface area (Å²) in [6.07, 6.45) is -0.534. The summed E-state index contributed by atoms with van der Waals surface area (Å²) < 4.78 is 4.48. The molecule has 0 spiro atoms. The number of carbonyl (C=O) groups excluding carboxylic acids is 1. The van der Waals surface area contributed by atoms with Gasteiger partial charge >= 0.3 is 6.09 Å². The van der Waals surface area contributed by atoms with Crippen LogP contribution in [0, 0.1) is 10.1 Å². The molecule has 0 bridgehead atoms. The Labute approximate surface area is 131 Å². The first kappa shape index (κ1) is 16.7.